The van der Waals surface area contributed by atoms with E-state index < -0.39 is 0 Å². The molecule has 2 aromatic carbocycles. The third-order valence-corrected chi connectivity index (χ3v) is 3.75. The van der Waals surface area contributed by atoms with Crippen LogP contribution in [0.2, 0.25) is 0 Å². The van der Waals surface area contributed by atoms with Crippen LogP contribution in [-0.4, -0.2) is 22.5 Å². The Labute approximate surface area is 139 Å². The van der Waals surface area contributed by atoms with Crippen molar-refractivity contribution in [3.63, 3.8) is 0 Å². The molecule has 3 aromatic rings. The van der Waals surface area contributed by atoms with Gasteiger partial charge in [0.25, 0.3) is 0 Å². The normalized spacial score (nSPS) is 12.1. The van der Waals surface area contributed by atoms with Gasteiger partial charge in [-0.15, -0.1) is 0 Å². The van der Waals surface area contributed by atoms with Gasteiger partial charge in [-0.05, 0) is 43.2 Å². The molecule has 24 heavy (non-hydrogen) atoms. The maximum Gasteiger partial charge on any atom is 0.315 e. The van der Waals surface area contributed by atoms with E-state index in [1.54, 1.807) is 6.07 Å². The van der Waals surface area contributed by atoms with E-state index in [1.807, 2.05) is 37.3 Å². The van der Waals surface area contributed by atoms with Gasteiger partial charge in [0.05, 0.1) is 17.1 Å². The van der Waals surface area contributed by atoms with Crippen LogP contribution in [0.15, 0.2) is 48.5 Å². The predicted octanol–water partition coefficient (Wildman–Crippen LogP) is 3.30. The van der Waals surface area contributed by atoms with Crippen molar-refractivity contribution in [1.29, 1.82) is 0 Å². The molecular weight excluding hydrogens is 307 g/mol. The predicted molar refractivity (Wildman–Crippen MR) is 91.1 cm³/mol. The second kappa shape index (κ2) is 7.12. The Balaban J connectivity index is 1.50. The minimum Gasteiger partial charge on any atom is -0.340 e. The van der Waals surface area contributed by atoms with Gasteiger partial charge in [-0.3, -0.25) is 0 Å². The number of imidazole rings is 1. The number of benzene rings is 2. The van der Waals surface area contributed by atoms with Crippen LogP contribution < -0.4 is 10.6 Å². The average molecular weight is 326 g/mol. The highest BCUT2D eigenvalue weighted by atomic mass is 19.1. The molecular formula is C18H19FN4O. The molecule has 0 fully saturated rings. The molecule has 0 spiro atoms. The molecule has 1 aromatic heterocycles. The number of hydrogen-bond acceptors (Lipinski definition) is 2. The number of carbonyl (C=O) groups excluding carboxylic acids is 1. The standard InChI is InChI=1S/C18H19FN4O/c1-12(17-22-15-7-2-3-8-16(15)23-17)21-18(24)20-10-9-13-5-4-6-14(19)11-13/h2-8,11-12H,9-10H2,1H3,(H,22,23)(H2,20,21,24). The van der Waals surface area contributed by atoms with E-state index in [4.69, 9.17) is 0 Å². The fraction of sp³-hybridized carbons (Fsp3) is 0.222. The van der Waals surface area contributed by atoms with Crippen LogP contribution in [0.1, 0.15) is 24.4 Å². The molecule has 124 valence electrons. The molecule has 0 bridgehead atoms. The first-order valence-electron chi connectivity index (χ1n) is 7.85. The van der Waals surface area contributed by atoms with Crippen LogP contribution in [0.25, 0.3) is 11.0 Å². The summed E-state index contributed by atoms with van der Waals surface area (Å²) in [5.74, 6) is 0.437. The summed E-state index contributed by atoms with van der Waals surface area (Å²) in [5.41, 5.74) is 2.65. The molecule has 0 saturated carbocycles. The maximum absolute atomic E-state index is 13.1. The zero-order valence-electron chi connectivity index (χ0n) is 13.3. The Kier molecular flexibility index (Phi) is 4.74. The van der Waals surface area contributed by atoms with E-state index in [0.29, 0.717) is 18.8 Å². The zero-order valence-corrected chi connectivity index (χ0v) is 13.3. The summed E-state index contributed by atoms with van der Waals surface area (Å²) in [6.07, 6.45) is 0.574. The van der Waals surface area contributed by atoms with Gasteiger partial charge in [0.1, 0.15) is 11.6 Å². The van der Waals surface area contributed by atoms with Crippen LogP contribution in [0.5, 0.6) is 0 Å². The van der Waals surface area contributed by atoms with Gasteiger partial charge < -0.3 is 15.6 Å². The van der Waals surface area contributed by atoms with Crippen molar-refractivity contribution >= 4 is 17.1 Å². The first-order chi connectivity index (χ1) is 11.6. The number of rotatable bonds is 5. The number of para-hydroxylation sites is 2. The van der Waals surface area contributed by atoms with E-state index in [0.717, 1.165) is 16.6 Å². The van der Waals surface area contributed by atoms with E-state index in [1.165, 1.54) is 12.1 Å². The fourth-order valence-corrected chi connectivity index (χ4v) is 2.51. The monoisotopic (exact) mass is 326 g/mol. The molecule has 0 aliphatic rings. The van der Waals surface area contributed by atoms with Gasteiger partial charge in [0.2, 0.25) is 0 Å². The topological polar surface area (TPSA) is 69.8 Å². The maximum atomic E-state index is 13.1. The lowest BCUT2D eigenvalue weighted by Crippen LogP contribution is -2.38. The Morgan fingerprint density at radius 2 is 2.08 bits per heavy atom. The fourth-order valence-electron chi connectivity index (χ4n) is 2.51. The quantitative estimate of drug-likeness (QED) is 0.673. The molecule has 1 heterocycles. The smallest absolute Gasteiger partial charge is 0.315 e. The zero-order chi connectivity index (χ0) is 16.9. The van der Waals surface area contributed by atoms with Crippen molar-refractivity contribution in [3.8, 4) is 0 Å². The van der Waals surface area contributed by atoms with Crippen molar-refractivity contribution < 1.29 is 9.18 Å². The van der Waals surface area contributed by atoms with E-state index >= 15 is 0 Å². The van der Waals surface area contributed by atoms with Crippen molar-refractivity contribution in [1.82, 2.24) is 20.6 Å². The molecule has 6 heteroatoms. The number of urea groups is 1. The number of aromatic amines is 1. The molecule has 5 nitrogen and oxygen atoms in total. The van der Waals surface area contributed by atoms with Crippen molar-refractivity contribution in [2.75, 3.05) is 6.54 Å². The molecule has 0 radical (unpaired) electrons. The first-order valence-corrected chi connectivity index (χ1v) is 7.85. The number of hydrogen-bond donors (Lipinski definition) is 3. The summed E-state index contributed by atoms with van der Waals surface area (Å²) in [5, 5.41) is 5.61. The molecule has 2 amide bonds. The first kappa shape index (κ1) is 16.0. The lowest BCUT2D eigenvalue weighted by atomic mass is 10.1. The van der Waals surface area contributed by atoms with Gasteiger partial charge in [0, 0.05) is 6.54 Å². The minimum atomic E-state index is -0.278. The van der Waals surface area contributed by atoms with Crippen molar-refractivity contribution in [2.24, 2.45) is 0 Å². The molecule has 0 aliphatic carbocycles. The summed E-state index contributed by atoms with van der Waals surface area (Å²) in [6, 6.07) is 13.6. The Morgan fingerprint density at radius 1 is 1.25 bits per heavy atom. The van der Waals surface area contributed by atoms with E-state index in [9.17, 15) is 9.18 Å². The lowest BCUT2D eigenvalue weighted by Gasteiger charge is -2.12. The SMILES string of the molecule is CC(NC(=O)NCCc1cccc(F)c1)c1nc2ccccc2[nH]1. The molecule has 3 rings (SSSR count). The third-order valence-electron chi connectivity index (χ3n) is 3.75. The summed E-state index contributed by atoms with van der Waals surface area (Å²) in [6.45, 7) is 2.30. The van der Waals surface area contributed by atoms with Crippen LogP contribution in [0, 0.1) is 5.82 Å². The number of aromatic nitrogens is 2. The summed E-state index contributed by atoms with van der Waals surface area (Å²) >= 11 is 0. The highest BCUT2D eigenvalue weighted by Gasteiger charge is 2.13. The molecule has 1 unspecified atom stereocenters. The van der Waals surface area contributed by atoms with E-state index in [2.05, 4.69) is 20.6 Å². The van der Waals surface area contributed by atoms with Crippen LogP contribution in [0.3, 0.4) is 0 Å². The van der Waals surface area contributed by atoms with Crippen LogP contribution in [0.4, 0.5) is 9.18 Å². The van der Waals surface area contributed by atoms with E-state index in [-0.39, 0.29) is 17.9 Å². The highest BCUT2D eigenvalue weighted by molar-refractivity contribution is 5.76. The Bertz CT molecular complexity index is 813. The Hall–Kier alpha value is -2.89. The number of amides is 2. The summed E-state index contributed by atoms with van der Waals surface area (Å²) in [4.78, 5) is 19.6. The van der Waals surface area contributed by atoms with Gasteiger partial charge in [-0.1, -0.05) is 24.3 Å². The lowest BCUT2D eigenvalue weighted by molar-refractivity contribution is 0.237. The largest absolute Gasteiger partial charge is 0.340 e. The number of nitrogens with one attached hydrogen (secondary N) is 3. The van der Waals surface area contributed by atoms with Gasteiger partial charge >= 0.3 is 6.03 Å². The van der Waals surface area contributed by atoms with Gasteiger partial charge in [0.15, 0.2) is 0 Å². The van der Waals surface area contributed by atoms with Gasteiger partial charge in [-0.25, -0.2) is 14.2 Å². The second-order valence-corrected chi connectivity index (χ2v) is 5.64. The Morgan fingerprint density at radius 3 is 2.88 bits per heavy atom. The average Bonchev–Trinajstić information content (AvgIpc) is 2.99. The van der Waals surface area contributed by atoms with Crippen LogP contribution >= 0.6 is 0 Å². The molecule has 1 atom stereocenters. The summed E-state index contributed by atoms with van der Waals surface area (Å²) < 4.78 is 13.1. The molecule has 0 aliphatic heterocycles. The van der Waals surface area contributed by atoms with Crippen LogP contribution in [-0.2, 0) is 6.42 Å². The highest BCUT2D eigenvalue weighted by Crippen LogP contribution is 2.15. The number of carbonyl (C=O) groups is 1. The molecule has 3 N–H and O–H groups in total. The third kappa shape index (κ3) is 3.90. The number of nitrogens with zero attached hydrogens (tertiary/aromatic N) is 1. The minimum absolute atomic E-state index is 0.244. The van der Waals surface area contributed by atoms with Gasteiger partial charge in [-0.2, -0.15) is 0 Å². The second-order valence-electron chi connectivity index (χ2n) is 5.64. The number of fused-ring (bicyclic) bond motifs is 1. The van der Waals surface area contributed by atoms with Crippen molar-refractivity contribution in [3.05, 3.63) is 65.7 Å². The number of halogens is 1. The van der Waals surface area contributed by atoms with Crippen molar-refractivity contribution in [2.45, 2.75) is 19.4 Å². The molecule has 0 saturated heterocycles. The number of H-pyrrole nitrogens is 1. The summed E-state index contributed by atoms with van der Waals surface area (Å²) in [7, 11) is 0.